The number of hydrogen-bond donors (Lipinski definition) is 3. The normalized spacial score (nSPS) is 11.2. The molecule has 0 aliphatic carbocycles. The zero-order valence-electron chi connectivity index (χ0n) is 17.0. The zero-order chi connectivity index (χ0) is 25.6. The molecule has 1 heterocycles. The van der Waals surface area contributed by atoms with E-state index in [0.29, 0.717) is 25.2 Å². The van der Waals surface area contributed by atoms with Crippen LogP contribution in [0.3, 0.4) is 0 Å². The molecule has 1 aromatic heterocycles. The van der Waals surface area contributed by atoms with Crippen LogP contribution in [0.5, 0.6) is 0 Å². The standard InChI is InChI=1S/C16H17F2N3O4S.C2HF3O2/c1-3-21(4-2)15-12(16(22)23)8-11(9-19-15)20-26(24,25)14-7-10(17)5-6-13(14)18;3-2(4,5)1(6)7/h5-9,20H,3-4H2,1-2H3,(H,22,23);(H,6,7). The molecule has 3 N–H and O–H groups in total. The Labute approximate surface area is 184 Å². The summed E-state index contributed by atoms with van der Waals surface area (Å²) in [4.78, 5) is 25.2. The van der Waals surface area contributed by atoms with Gasteiger partial charge in [0.2, 0.25) is 0 Å². The van der Waals surface area contributed by atoms with E-state index in [9.17, 15) is 40.3 Å². The molecule has 0 aliphatic heterocycles. The molecule has 33 heavy (non-hydrogen) atoms. The zero-order valence-corrected chi connectivity index (χ0v) is 17.8. The van der Waals surface area contributed by atoms with Gasteiger partial charge in [0.1, 0.15) is 27.9 Å². The molecule has 0 atom stereocenters. The van der Waals surface area contributed by atoms with Gasteiger partial charge >= 0.3 is 18.1 Å². The fourth-order valence-corrected chi connectivity index (χ4v) is 3.46. The summed E-state index contributed by atoms with van der Waals surface area (Å²) in [5.41, 5.74) is -0.393. The molecular formula is C18H18F5N3O6S. The Hall–Kier alpha value is -3.49. The van der Waals surface area contributed by atoms with Gasteiger partial charge < -0.3 is 15.1 Å². The van der Waals surface area contributed by atoms with E-state index in [2.05, 4.69) is 4.98 Å². The summed E-state index contributed by atoms with van der Waals surface area (Å²) in [5.74, 6) is -5.93. The van der Waals surface area contributed by atoms with Crippen LogP contribution in [-0.2, 0) is 14.8 Å². The van der Waals surface area contributed by atoms with Gasteiger partial charge in [-0.2, -0.15) is 13.2 Å². The number of nitrogens with one attached hydrogen (secondary N) is 1. The Morgan fingerprint density at radius 2 is 1.64 bits per heavy atom. The molecule has 0 aliphatic rings. The van der Waals surface area contributed by atoms with Crippen LogP contribution in [0.15, 0.2) is 35.4 Å². The van der Waals surface area contributed by atoms with E-state index in [-0.39, 0.29) is 17.1 Å². The van der Waals surface area contributed by atoms with E-state index in [1.54, 1.807) is 4.90 Å². The molecule has 0 bridgehead atoms. The number of hydrogen-bond acceptors (Lipinski definition) is 6. The van der Waals surface area contributed by atoms with Gasteiger partial charge in [-0.05, 0) is 38.1 Å². The van der Waals surface area contributed by atoms with Gasteiger partial charge in [-0.3, -0.25) is 4.72 Å². The number of aliphatic carboxylic acids is 1. The fourth-order valence-electron chi connectivity index (χ4n) is 2.34. The van der Waals surface area contributed by atoms with Gasteiger partial charge in [0.15, 0.2) is 0 Å². The molecule has 182 valence electrons. The monoisotopic (exact) mass is 499 g/mol. The molecule has 0 unspecified atom stereocenters. The quantitative estimate of drug-likeness (QED) is 0.494. The molecular weight excluding hydrogens is 481 g/mol. The second-order valence-corrected chi connectivity index (χ2v) is 7.71. The maximum absolute atomic E-state index is 13.7. The van der Waals surface area contributed by atoms with E-state index in [1.165, 1.54) is 0 Å². The smallest absolute Gasteiger partial charge is 0.478 e. The highest BCUT2D eigenvalue weighted by molar-refractivity contribution is 7.92. The number of sulfonamides is 1. The third-order valence-electron chi connectivity index (χ3n) is 3.84. The molecule has 2 aromatic rings. The van der Waals surface area contributed by atoms with Crippen molar-refractivity contribution < 1.29 is 50.2 Å². The Morgan fingerprint density at radius 3 is 2.09 bits per heavy atom. The number of aromatic carboxylic acids is 1. The minimum Gasteiger partial charge on any atom is -0.478 e. The number of alkyl halides is 3. The van der Waals surface area contributed by atoms with Gasteiger partial charge in [-0.1, -0.05) is 0 Å². The SMILES string of the molecule is CCN(CC)c1ncc(NS(=O)(=O)c2cc(F)ccc2F)cc1C(=O)O.O=C(O)C(F)(F)F. The van der Waals surface area contributed by atoms with Crippen LogP contribution in [-0.4, -0.2) is 54.8 Å². The topological polar surface area (TPSA) is 137 Å². The van der Waals surface area contributed by atoms with Crippen molar-refractivity contribution in [1.82, 2.24) is 4.98 Å². The number of anilines is 2. The lowest BCUT2D eigenvalue weighted by atomic mass is 10.2. The summed E-state index contributed by atoms with van der Waals surface area (Å²) in [5, 5.41) is 16.5. The average Bonchev–Trinajstić information content (AvgIpc) is 2.70. The first-order chi connectivity index (χ1) is 15.1. The Balaban J connectivity index is 0.000000675. The third-order valence-corrected chi connectivity index (χ3v) is 5.23. The van der Waals surface area contributed by atoms with Crippen LogP contribution in [0.1, 0.15) is 24.2 Å². The van der Waals surface area contributed by atoms with Crippen LogP contribution in [0, 0.1) is 11.6 Å². The van der Waals surface area contributed by atoms with Crippen LogP contribution >= 0.6 is 0 Å². The highest BCUT2D eigenvalue weighted by atomic mass is 32.2. The van der Waals surface area contributed by atoms with Gasteiger partial charge in [0.05, 0.1) is 11.9 Å². The number of aromatic nitrogens is 1. The van der Waals surface area contributed by atoms with Crippen molar-refractivity contribution in [1.29, 1.82) is 0 Å². The van der Waals surface area contributed by atoms with Crippen molar-refractivity contribution in [3.63, 3.8) is 0 Å². The summed E-state index contributed by atoms with van der Waals surface area (Å²) in [7, 11) is -4.46. The van der Waals surface area contributed by atoms with Gasteiger partial charge in [-0.25, -0.2) is 31.8 Å². The molecule has 9 nitrogen and oxygen atoms in total. The predicted octanol–water partition coefficient (Wildman–Crippen LogP) is 3.34. The van der Waals surface area contributed by atoms with Crippen molar-refractivity contribution in [3.8, 4) is 0 Å². The number of carboxylic acid groups (broad SMARTS) is 2. The van der Waals surface area contributed by atoms with E-state index in [4.69, 9.17) is 9.90 Å². The molecule has 0 fully saturated rings. The number of benzene rings is 1. The number of halogens is 5. The molecule has 0 saturated carbocycles. The average molecular weight is 499 g/mol. The highest BCUT2D eigenvalue weighted by Gasteiger charge is 2.38. The molecule has 0 amide bonds. The largest absolute Gasteiger partial charge is 0.490 e. The molecule has 1 aromatic carbocycles. The summed E-state index contributed by atoms with van der Waals surface area (Å²) >= 11 is 0. The van der Waals surface area contributed by atoms with Crippen LogP contribution in [0.2, 0.25) is 0 Å². The lowest BCUT2D eigenvalue weighted by molar-refractivity contribution is -0.192. The third kappa shape index (κ3) is 7.55. The van der Waals surface area contributed by atoms with Crippen molar-refractivity contribution in [3.05, 3.63) is 47.7 Å². The first-order valence-corrected chi connectivity index (χ1v) is 10.4. The minimum atomic E-state index is -5.08. The number of pyridine rings is 1. The number of nitrogens with zero attached hydrogens (tertiary/aromatic N) is 2. The summed E-state index contributed by atoms with van der Waals surface area (Å²) < 4.78 is 85.3. The van der Waals surface area contributed by atoms with Gasteiger partial charge in [-0.15, -0.1) is 0 Å². The van der Waals surface area contributed by atoms with Crippen LogP contribution in [0.25, 0.3) is 0 Å². The van der Waals surface area contributed by atoms with Crippen molar-refractivity contribution in [2.24, 2.45) is 0 Å². The maximum Gasteiger partial charge on any atom is 0.490 e. The summed E-state index contributed by atoms with van der Waals surface area (Å²) in [6.07, 6.45) is -3.96. The van der Waals surface area contributed by atoms with Gasteiger partial charge in [0, 0.05) is 13.1 Å². The van der Waals surface area contributed by atoms with Crippen molar-refractivity contribution in [2.45, 2.75) is 24.9 Å². The predicted molar refractivity (Wildman–Crippen MR) is 106 cm³/mol. The first kappa shape index (κ1) is 27.5. The van der Waals surface area contributed by atoms with E-state index >= 15 is 0 Å². The number of carboxylic acids is 2. The van der Waals surface area contributed by atoms with Crippen molar-refractivity contribution >= 4 is 33.5 Å². The van der Waals surface area contributed by atoms with Crippen LogP contribution < -0.4 is 9.62 Å². The number of rotatable bonds is 7. The van der Waals surface area contributed by atoms with E-state index < -0.39 is 44.7 Å². The van der Waals surface area contributed by atoms with Gasteiger partial charge in [0.25, 0.3) is 10.0 Å². The summed E-state index contributed by atoms with van der Waals surface area (Å²) in [6, 6.07) is 3.09. The molecule has 0 spiro atoms. The number of carbonyl (C=O) groups is 2. The minimum absolute atomic E-state index is 0.179. The Kier molecular flexibility index (Phi) is 9.09. The van der Waals surface area contributed by atoms with E-state index in [1.807, 2.05) is 18.6 Å². The second-order valence-electron chi connectivity index (χ2n) is 6.06. The molecule has 0 radical (unpaired) electrons. The Bertz CT molecular complexity index is 1120. The lowest BCUT2D eigenvalue weighted by Gasteiger charge is -2.22. The lowest BCUT2D eigenvalue weighted by Crippen LogP contribution is -2.25. The fraction of sp³-hybridized carbons (Fsp3) is 0.278. The van der Waals surface area contributed by atoms with E-state index in [0.717, 1.165) is 18.3 Å². The molecule has 15 heteroatoms. The molecule has 0 saturated heterocycles. The maximum atomic E-state index is 13.7. The van der Waals surface area contributed by atoms with Crippen LogP contribution in [0.4, 0.5) is 33.5 Å². The van der Waals surface area contributed by atoms with Crippen molar-refractivity contribution in [2.75, 3.05) is 22.7 Å². The Morgan fingerprint density at radius 1 is 1.09 bits per heavy atom. The highest BCUT2D eigenvalue weighted by Crippen LogP contribution is 2.24. The summed E-state index contributed by atoms with van der Waals surface area (Å²) in [6.45, 7) is 4.65. The second kappa shape index (κ2) is 10.9. The first-order valence-electron chi connectivity index (χ1n) is 8.90. The molecule has 2 rings (SSSR count).